The van der Waals surface area contributed by atoms with E-state index in [0.717, 1.165) is 0 Å². The number of nitrogens with one attached hydrogen (secondary N) is 1. The van der Waals surface area contributed by atoms with Gasteiger partial charge in [-0.1, -0.05) is 12.1 Å². The third-order valence-electron chi connectivity index (χ3n) is 1.43. The Morgan fingerprint density at radius 2 is 2.23 bits per heavy atom. The number of carbonyl (C=O) groups is 1. The molecule has 0 spiro atoms. The topological polar surface area (TPSA) is 38.3 Å². The summed E-state index contributed by atoms with van der Waals surface area (Å²) in [5, 5.41) is 0. The lowest BCUT2D eigenvalue weighted by Gasteiger charge is -2.03. The highest BCUT2D eigenvalue weighted by molar-refractivity contribution is 5.93. The van der Waals surface area contributed by atoms with Crippen LogP contribution >= 0.6 is 0 Å². The van der Waals surface area contributed by atoms with Gasteiger partial charge < -0.3 is 0 Å². The molecule has 1 rings (SSSR count). The number of hydrogen-bond acceptors (Lipinski definition) is 2. The monoisotopic (exact) mass is 183 g/mol. The molecule has 0 bridgehead atoms. The van der Waals surface area contributed by atoms with Crippen LogP contribution in [0.2, 0.25) is 0 Å². The van der Waals surface area contributed by atoms with Crippen LogP contribution in [0.5, 0.6) is 0 Å². The highest BCUT2D eigenvalue weighted by Gasteiger charge is 2.09. The zero-order valence-electron chi connectivity index (χ0n) is 7.21. The molecule has 0 fully saturated rings. The van der Waals surface area contributed by atoms with Gasteiger partial charge in [-0.15, -0.1) is 0 Å². The Kier molecular flexibility index (Phi) is 3.40. The average molecular weight is 183 g/mol. The lowest BCUT2D eigenvalue weighted by atomic mass is 10.2. The van der Waals surface area contributed by atoms with E-state index in [-0.39, 0.29) is 5.56 Å². The van der Waals surface area contributed by atoms with Crippen molar-refractivity contribution in [2.24, 2.45) is 0 Å². The first-order chi connectivity index (χ1) is 6.25. The van der Waals surface area contributed by atoms with E-state index >= 15 is 0 Å². The van der Waals surface area contributed by atoms with Gasteiger partial charge in [0.1, 0.15) is 5.82 Å². The predicted octanol–water partition coefficient (Wildman–Crippen LogP) is 1.51. The minimum absolute atomic E-state index is 0.0176. The van der Waals surface area contributed by atoms with Crippen molar-refractivity contribution in [3.63, 3.8) is 0 Å². The molecule has 0 aromatic heterocycles. The molecule has 3 nitrogen and oxygen atoms in total. The van der Waals surface area contributed by atoms with Crippen LogP contribution < -0.4 is 5.48 Å². The Hall–Kier alpha value is -1.42. The van der Waals surface area contributed by atoms with E-state index in [1.165, 1.54) is 18.2 Å². The summed E-state index contributed by atoms with van der Waals surface area (Å²) in [6, 6.07) is 5.72. The number of hydroxylamine groups is 1. The third kappa shape index (κ3) is 2.52. The third-order valence-corrected chi connectivity index (χ3v) is 1.43. The molecular weight excluding hydrogens is 173 g/mol. The summed E-state index contributed by atoms with van der Waals surface area (Å²) >= 11 is 0. The normalized spacial score (nSPS) is 9.69. The van der Waals surface area contributed by atoms with Crippen LogP contribution in [-0.4, -0.2) is 12.5 Å². The molecule has 0 aliphatic carbocycles. The fourth-order valence-corrected chi connectivity index (χ4v) is 0.838. The first kappa shape index (κ1) is 9.67. The highest BCUT2D eigenvalue weighted by atomic mass is 19.1. The van der Waals surface area contributed by atoms with E-state index in [4.69, 9.17) is 0 Å². The maximum Gasteiger partial charge on any atom is 0.277 e. The van der Waals surface area contributed by atoms with Crippen LogP contribution in [-0.2, 0) is 4.84 Å². The van der Waals surface area contributed by atoms with Gasteiger partial charge >= 0.3 is 0 Å². The van der Waals surface area contributed by atoms with Gasteiger partial charge in [-0.3, -0.25) is 9.63 Å². The van der Waals surface area contributed by atoms with Crippen molar-refractivity contribution < 1.29 is 14.0 Å². The first-order valence-electron chi connectivity index (χ1n) is 3.92. The van der Waals surface area contributed by atoms with Gasteiger partial charge in [0, 0.05) is 0 Å². The van der Waals surface area contributed by atoms with Crippen molar-refractivity contribution in [2.75, 3.05) is 6.61 Å². The Morgan fingerprint density at radius 3 is 2.85 bits per heavy atom. The van der Waals surface area contributed by atoms with Gasteiger partial charge in [0.05, 0.1) is 12.2 Å². The second-order valence-corrected chi connectivity index (χ2v) is 2.34. The lowest BCUT2D eigenvalue weighted by molar-refractivity contribution is 0.0361. The quantitative estimate of drug-likeness (QED) is 0.721. The molecule has 1 amide bonds. The van der Waals surface area contributed by atoms with Gasteiger partial charge in [0.15, 0.2) is 0 Å². The number of carbonyl (C=O) groups excluding carboxylic acids is 1. The Bertz CT molecular complexity index is 301. The largest absolute Gasteiger partial charge is 0.277 e. The maximum absolute atomic E-state index is 13.0. The second kappa shape index (κ2) is 4.57. The molecular formula is C9H10FNO2. The van der Waals surface area contributed by atoms with Gasteiger partial charge in [0.2, 0.25) is 0 Å². The Balaban J connectivity index is 2.71. The van der Waals surface area contributed by atoms with Crippen LogP contribution in [0.15, 0.2) is 24.3 Å². The van der Waals surface area contributed by atoms with Crippen molar-refractivity contribution in [2.45, 2.75) is 6.92 Å². The molecule has 0 saturated carbocycles. The number of rotatable bonds is 3. The molecule has 0 atom stereocenters. The Morgan fingerprint density at radius 1 is 1.54 bits per heavy atom. The number of halogens is 1. The predicted molar refractivity (Wildman–Crippen MR) is 45.5 cm³/mol. The van der Waals surface area contributed by atoms with Gasteiger partial charge in [0.25, 0.3) is 5.91 Å². The number of hydrogen-bond donors (Lipinski definition) is 1. The number of benzene rings is 1. The van der Waals surface area contributed by atoms with Crippen LogP contribution in [0, 0.1) is 5.82 Å². The molecule has 0 heterocycles. The standard InChI is InChI=1S/C9H10FNO2/c1-2-13-11-9(12)7-5-3-4-6-8(7)10/h3-6H,2H2,1H3,(H,11,12). The van der Waals surface area contributed by atoms with Crippen molar-refractivity contribution >= 4 is 5.91 Å². The van der Waals surface area contributed by atoms with E-state index in [1.54, 1.807) is 13.0 Å². The van der Waals surface area contributed by atoms with Crippen LogP contribution in [0.3, 0.4) is 0 Å². The average Bonchev–Trinajstić information content (AvgIpc) is 2.15. The van der Waals surface area contributed by atoms with Crippen LogP contribution in [0.4, 0.5) is 4.39 Å². The fraction of sp³-hybridized carbons (Fsp3) is 0.222. The van der Waals surface area contributed by atoms with E-state index in [2.05, 4.69) is 10.3 Å². The summed E-state index contributed by atoms with van der Waals surface area (Å²) in [6.45, 7) is 2.07. The molecule has 70 valence electrons. The van der Waals surface area contributed by atoms with Crippen LogP contribution in [0.1, 0.15) is 17.3 Å². The zero-order valence-corrected chi connectivity index (χ0v) is 7.21. The van der Waals surface area contributed by atoms with Crippen molar-refractivity contribution in [1.29, 1.82) is 0 Å². The highest BCUT2D eigenvalue weighted by Crippen LogP contribution is 2.05. The molecule has 4 heteroatoms. The first-order valence-corrected chi connectivity index (χ1v) is 3.92. The second-order valence-electron chi connectivity index (χ2n) is 2.34. The molecule has 0 aliphatic rings. The van der Waals surface area contributed by atoms with Crippen molar-refractivity contribution in [3.8, 4) is 0 Å². The van der Waals surface area contributed by atoms with Gasteiger partial charge in [-0.05, 0) is 19.1 Å². The molecule has 0 radical (unpaired) electrons. The molecule has 0 saturated heterocycles. The number of amides is 1. The molecule has 13 heavy (non-hydrogen) atoms. The maximum atomic E-state index is 13.0. The summed E-state index contributed by atoms with van der Waals surface area (Å²) < 4.78 is 13.0. The fourth-order valence-electron chi connectivity index (χ4n) is 0.838. The molecule has 0 aliphatic heterocycles. The molecule has 1 aromatic rings. The molecule has 0 unspecified atom stereocenters. The van der Waals surface area contributed by atoms with E-state index in [9.17, 15) is 9.18 Å². The zero-order chi connectivity index (χ0) is 9.68. The molecule has 1 aromatic carbocycles. The van der Waals surface area contributed by atoms with Gasteiger partial charge in [-0.2, -0.15) is 0 Å². The van der Waals surface area contributed by atoms with Gasteiger partial charge in [-0.25, -0.2) is 9.87 Å². The SMILES string of the molecule is CCONC(=O)c1ccccc1F. The van der Waals surface area contributed by atoms with Crippen molar-refractivity contribution in [1.82, 2.24) is 5.48 Å². The van der Waals surface area contributed by atoms with E-state index < -0.39 is 11.7 Å². The molecule has 1 N–H and O–H groups in total. The van der Waals surface area contributed by atoms with Crippen LogP contribution in [0.25, 0.3) is 0 Å². The minimum Gasteiger partial charge on any atom is -0.274 e. The van der Waals surface area contributed by atoms with Crippen molar-refractivity contribution in [3.05, 3.63) is 35.6 Å². The Labute approximate surface area is 75.5 Å². The summed E-state index contributed by atoms with van der Waals surface area (Å²) in [6.07, 6.45) is 0. The summed E-state index contributed by atoms with van der Waals surface area (Å²) in [4.78, 5) is 15.8. The summed E-state index contributed by atoms with van der Waals surface area (Å²) in [7, 11) is 0. The lowest BCUT2D eigenvalue weighted by Crippen LogP contribution is -2.24. The minimum atomic E-state index is -0.569. The summed E-state index contributed by atoms with van der Waals surface area (Å²) in [5.74, 6) is -1.13. The van der Waals surface area contributed by atoms with E-state index in [0.29, 0.717) is 6.61 Å². The summed E-state index contributed by atoms with van der Waals surface area (Å²) in [5.41, 5.74) is 2.09. The van der Waals surface area contributed by atoms with E-state index in [1.807, 2.05) is 0 Å². The smallest absolute Gasteiger partial charge is 0.274 e.